The fraction of sp³-hybridized carbons (Fsp3) is 0.318. The molecule has 1 aliphatic heterocycles. The van der Waals surface area contributed by atoms with Crippen LogP contribution in [0.15, 0.2) is 48.7 Å². The molecule has 1 saturated heterocycles. The monoisotopic (exact) mass is 391 g/mol. The van der Waals surface area contributed by atoms with E-state index in [1.165, 1.54) is 6.20 Å². The molecule has 0 saturated carbocycles. The summed E-state index contributed by atoms with van der Waals surface area (Å²) in [6.45, 7) is 7.39. The van der Waals surface area contributed by atoms with Crippen LogP contribution in [0.4, 0.5) is 11.6 Å². The molecule has 1 fully saturated rings. The third kappa shape index (κ3) is 4.23. The number of pyridine rings is 2. The Labute approximate surface area is 170 Å². The molecule has 7 nitrogen and oxygen atoms in total. The van der Waals surface area contributed by atoms with Crippen molar-refractivity contribution in [2.24, 2.45) is 5.73 Å². The van der Waals surface area contributed by atoms with E-state index in [4.69, 9.17) is 15.5 Å². The maximum Gasteiger partial charge on any atom is 0.250 e. The van der Waals surface area contributed by atoms with Gasteiger partial charge in [-0.05, 0) is 50.2 Å². The van der Waals surface area contributed by atoms with E-state index >= 15 is 0 Å². The molecule has 1 aromatic carbocycles. The van der Waals surface area contributed by atoms with Crippen molar-refractivity contribution in [2.45, 2.75) is 20.0 Å². The van der Waals surface area contributed by atoms with Gasteiger partial charge in [0.25, 0.3) is 0 Å². The summed E-state index contributed by atoms with van der Waals surface area (Å²) in [5, 5.41) is 1.10. The fourth-order valence-corrected chi connectivity index (χ4v) is 3.49. The van der Waals surface area contributed by atoms with Gasteiger partial charge in [0.15, 0.2) is 0 Å². The van der Waals surface area contributed by atoms with Gasteiger partial charge >= 0.3 is 0 Å². The number of hydrogen-bond acceptors (Lipinski definition) is 6. The Morgan fingerprint density at radius 2 is 1.66 bits per heavy atom. The van der Waals surface area contributed by atoms with E-state index < -0.39 is 5.91 Å². The number of nitrogens with zero attached hydrogens (tertiary/aromatic N) is 4. The number of amides is 1. The lowest BCUT2D eigenvalue weighted by Crippen LogP contribution is -2.47. The molecule has 2 aromatic heterocycles. The number of fused-ring (bicyclic) bond motifs is 1. The Morgan fingerprint density at radius 1 is 1.00 bits per heavy atom. The maximum atomic E-state index is 11.2. The molecule has 1 aliphatic rings. The number of aromatic nitrogens is 2. The number of primary amides is 1. The zero-order chi connectivity index (χ0) is 20.4. The lowest BCUT2D eigenvalue weighted by molar-refractivity contribution is 0.1000. The number of carbonyl (C=O) groups is 1. The van der Waals surface area contributed by atoms with Gasteiger partial charge in [-0.1, -0.05) is 0 Å². The van der Waals surface area contributed by atoms with Crippen molar-refractivity contribution in [3.8, 4) is 5.75 Å². The van der Waals surface area contributed by atoms with Crippen LogP contribution in [0.1, 0.15) is 24.2 Å². The predicted molar refractivity (Wildman–Crippen MR) is 115 cm³/mol. The van der Waals surface area contributed by atoms with Gasteiger partial charge in [0, 0.05) is 43.8 Å². The van der Waals surface area contributed by atoms with Gasteiger partial charge in [-0.2, -0.15) is 0 Å². The lowest BCUT2D eigenvalue weighted by atomic mass is 10.2. The number of nitrogens with two attached hydrogens (primary N) is 1. The average Bonchev–Trinajstić information content (AvgIpc) is 2.73. The number of ether oxygens (including phenoxy) is 1. The molecule has 29 heavy (non-hydrogen) atoms. The van der Waals surface area contributed by atoms with Gasteiger partial charge < -0.3 is 20.3 Å². The van der Waals surface area contributed by atoms with Crippen molar-refractivity contribution >= 4 is 28.4 Å². The van der Waals surface area contributed by atoms with Gasteiger partial charge in [0.2, 0.25) is 5.91 Å². The average molecular weight is 391 g/mol. The van der Waals surface area contributed by atoms with Crippen molar-refractivity contribution in [1.29, 1.82) is 0 Å². The van der Waals surface area contributed by atoms with E-state index in [2.05, 4.69) is 26.9 Å². The van der Waals surface area contributed by atoms with Crippen molar-refractivity contribution in [3.63, 3.8) is 0 Å². The number of piperazine rings is 1. The minimum Gasteiger partial charge on any atom is -0.491 e. The van der Waals surface area contributed by atoms with Gasteiger partial charge in [-0.3, -0.25) is 4.79 Å². The first-order valence-electron chi connectivity index (χ1n) is 9.83. The van der Waals surface area contributed by atoms with Crippen LogP contribution in [0.5, 0.6) is 5.75 Å². The SMILES string of the molecule is CC(C)Oc1ccc2ccc(N3CCN(c4ccc(C(N)=O)cn4)CC3)nc2c1. The Morgan fingerprint density at radius 3 is 2.28 bits per heavy atom. The summed E-state index contributed by atoms with van der Waals surface area (Å²) in [4.78, 5) is 24.9. The normalized spacial score (nSPS) is 14.4. The van der Waals surface area contributed by atoms with Crippen LogP contribution < -0.4 is 20.3 Å². The molecule has 0 unspecified atom stereocenters. The first kappa shape index (κ1) is 19.0. The molecule has 0 aliphatic carbocycles. The van der Waals surface area contributed by atoms with Gasteiger partial charge in [0.05, 0.1) is 17.2 Å². The molecule has 150 valence electrons. The second kappa shape index (κ2) is 7.95. The third-order valence-corrected chi connectivity index (χ3v) is 4.98. The van der Waals surface area contributed by atoms with Gasteiger partial charge in [-0.25, -0.2) is 9.97 Å². The third-order valence-electron chi connectivity index (χ3n) is 4.98. The minimum absolute atomic E-state index is 0.134. The Balaban J connectivity index is 1.46. The summed E-state index contributed by atoms with van der Waals surface area (Å²) in [6.07, 6.45) is 1.67. The molecule has 7 heteroatoms. The fourth-order valence-electron chi connectivity index (χ4n) is 3.49. The summed E-state index contributed by atoms with van der Waals surface area (Å²) in [5.74, 6) is 2.21. The molecule has 0 radical (unpaired) electrons. The van der Waals surface area contributed by atoms with Crippen LogP contribution in [0.2, 0.25) is 0 Å². The minimum atomic E-state index is -0.460. The second-order valence-electron chi connectivity index (χ2n) is 7.43. The van der Waals surface area contributed by atoms with Crippen LogP contribution in [-0.2, 0) is 0 Å². The van der Waals surface area contributed by atoms with Crippen molar-refractivity contribution in [1.82, 2.24) is 9.97 Å². The number of hydrogen-bond donors (Lipinski definition) is 1. The standard InChI is InChI=1S/C22H25N5O2/c1-15(2)29-18-6-3-16-4-8-21(25-19(16)13-18)27-11-9-26(10-12-27)20-7-5-17(14-24-20)22(23)28/h3-8,13-15H,9-12H2,1-2H3,(H2,23,28). The second-order valence-corrected chi connectivity index (χ2v) is 7.43. The van der Waals surface area contributed by atoms with Crippen LogP contribution in [0, 0.1) is 0 Å². The van der Waals surface area contributed by atoms with Crippen molar-refractivity contribution in [3.05, 3.63) is 54.2 Å². The molecule has 3 heterocycles. The number of carbonyl (C=O) groups excluding carboxylic acids is 1. The largest absolute Gasteiger partial charge is 0.491 e. The summed E-state index contributed by atoms with van der Waals surface area (Å²) >= 11 is 0. The summed E-state index contributed by atoms with van der Waals surface area (Å²) in [6, 6.07) is 13.8. The van der Waals surface area contributed by atoms with E-state index in [9.17, 15) is 4.79 Å². The molecule has 3 aromatic rings. The zero-order valence-corrected chi connectivity index (χ0v) is 16.7. The molecular weight excluding hydrogens is 366 g/mol. The van der Waals surface area contributed by atoms with Crippen LogP contribution >= 0.6 is 0 Å². The van der Waals surface area contributed by atoms with Gasteiger partial charge in [0.1, 0.15) is 17.4 Å². The van der Waals surface area contributed by atoms with E-state index in [1.54, 1.807) is 6.07 Å². The predicted octanol–water partition coefficient (Wildman–Crippen LogP) is 2.84. The van der Waals surface area contributed by atoms with Crippen molar-refractivity contribution in [2.75, 3.05) is 36.0 Å². The highest BCUT2D eigenvalue weighted by Gasteiger charge is 2.19. The highest BCUT2D eigenvalue weighted by atomic mass is 16.5. The Bertz CT molecular complexity index is 1010. The maximum absolute atomic E-state index is 11.2. The molecular formula is C22H25N5O2. The number of benzene rings is 1. The molecule has 2 N–H and O–H groups in total. The first-order chi connectivity index (χ1) is 14.0. The number of rotatable bonds is 5. The number of anilines is 2. The Kier molecular flexibility index (Phi) is 5.20. The Hall–Kier alpha value is -3.35. The molecule has 0 spiro atoms. The molecule has 0 bridgehead atoms. The highest BCUT2D eigenvalue weighted by molar-refractivity contribution is 5.92. The molecule has 4 rings (SSSR count). The summed E-state index contributed by atoms with van der Waals surface area (Å²) in [5.41, 5.74) is 6.64. The smallest absolute Gasteiger partial charge is 0.250 e. The van der Waals surface area contributed by atoms with Crippen LogP contribution in [0.25, 0.3) is 10.9 Å². The van der Waals surface area contributed by atoms with Crippen LogP contribution in [0.3, 0.4) is 0 Å². The molecule has 1 amide bonds. The van der Waals surface area contributed by atoms with Gasteiger partial charge in [-0.15, -0.1) is 0 Å². The van der Waals surface area contributed by atoms with E-state index in [0.29, 0.717) is 5.56 Å². The van der Waals surface area contributed by atoms with E-state index in [0.717, 1.165) is 54.5 Å². The van der Waals surface area contributed by atoms with Crippen LogP contribution in [-0.4, -0.2) is 48.2 Å². The summed E-state index contributed by atoms with van der Waals surface area (Å²) < 4.78 is 5.80. The lowest BCUT2D eigenvalue weighted by Gasteiger charge is -2.36. The zero-order valence-electron chi connectivity index (χ0n) is 16.7. The topological polar surface area (TPSA) is 84.6 Å². The summed E-state index contributed by atoms with van der Waals surface area (Å²) in [7, 11) is 0. The quantitative estimate of drug-likeness (QED) is 0.720. The van der Waals surface area contributed by atoms with E-state index in [1.807, 2.05) is 38.1 Å². The first-order valence-corrected chi connectivity index (χ1v) is 9.83. The highest BCUT2D eigenvalue weighted by Crippen LogP contribution is 2.24. The van der Waals surface area contributed by atoms with E-state index in [-0.39, 0.29) is 6.10 Å². The molecule has 0 atom stereocenters. The van der Waals surface area contributed by atoms with Crippen molar-refractivity contribution < 1.29 is 9.53 Å².